The Balaban J connectivity index is -0.00000000286. The fourth-order valence-electron chi connectivity index (χ4n) is 0. The molecule has 0 unspecified atom stereocenters. The van der Waals surface area contributed by atoms with Crippen LogP contribution in [0.1, 0.15) is 0 Å². The van der Waals surface area contributed by atoms with E-state index in [1.54, 1.807) is 0 Å². The normalized spacial score (nSPS) is 4.46. The van der Waals surface area contributed by atoms with Crippen molar-refractivity contribution < 1.29 is 66.9 Å². The van der Waals surface area contributed by atoms with Gasteiger partial charge in [-0.3, -0.25) is 8.42 Å². The van der Waals surface area contributed by atoms with Crippen molar-refractivity contribution in [2.24, 2.45) is 0 Å². The molecule has 0 atom stereocenters. The summed E-state index contributed by atoms with van der Waals surface area (Å²) >= 11 is 0. The second-order valence-corrected chi connectivity index (χ2v) is 1.22. The molecule has 13 heteroatoms. The number of hydrogen-bond donors (Lipinski definition) is 1. The third-order valence-corrected chi connectivity index (χ3v) is 0. The second kappa shape index (κ2) is 40.1. The fourth-order valence-corrected chi connectivity index (χ4v) is 0. The largest absolute Gasteiger partial charge is 1.00 e. The predicted octanol–water partition coefficient (Wildman–Crippen LogP) is -5.91. The van der Waals surface area contributed by atoms with E-state index < -0.39 is 10.4 Å². The predicted molar refractivity (Wildman–Crippen MR) is 38.1 cm³/mol. The fraction of sp³-hybridized carbons (Fsp3) is 0. The summed E-state index contributed by atoms with van der Waals surface area (Å²) < 4.78 is 34.1. The molecule has 0 spiro atoms. The molecule has 13 heavy (non-hydrogen) atoms. The molecule has 1 radical (unpaired) electrons. The van der Waals surface area contributed by atoms with E-state index in [4.69, 9.17) is 17.5 Å². The van der Waals surface area contributed by atoms with Gasteiger partial charge in [-0.2, -0.15) is 0 Å². The second-order valence-electron chi connectivity index (χ2n) is 0.408. The molecule has 0 heterocycles. The van der Waals surface area contributed by atoms with Gasteiger partial charge in [-0.05, 0) is 0 Å². The first-order valence-corrected chi connectivity index (χ1v) is 2.00. The van der Waals surface area contributed by atoms with Crippen molar-refractivity contribution in [1.29, 1.82) is 0 Å². The minimum Gasteiger partial charge on any atom is -0.759 e. The van der Waals surface area contributed by atoms with E-state index in [1.165, 1.54) is 0 Å². The van der Waals surface area contributed by atoms with Gasteiger partial charge in [0.15, 0.2) is 0 Å². The maximum atomic E-state index is 8.52. The molecule has 0 bridgehead atoms. The van der Waals surface area contributed by atoms with E-state index in [1.807, 2.05) is 0 Å². The van der Waals surface area contributed by atoms with Gasteiger partial charge in [-0.1, -0.05) is 0 Å². The Morgan fingerprint density at radius 2 is 0.692 bits per heavy atom. The average molecular weight is 281 g/mol. The molecule has 16 N–H and O–H groups in total. The monoisotopic (exact) mass is 280 g/mol. The Morgan fingerprint density at radius 3 is 0.692 bits per heavy atom. The molecule has 0 saturated carbocycles. The molecule has 0 aromatic rings. The molecule has 0 fully saturated rings. The van der Waals surface area contributed by atoms with Crippen molar-refractivity contribution >= 4 is 10.4 Å². The zero-order valence-corrected chi connectivity index (χ0v) is 8.16. The number of hydrogen-bond acceptors (Lipinski definition) is 4. The topological polar surface area (TPSA) is 306 Å². The van der Waals surface area contributed by atoms with Gasteiger partial charge in [-0.15, -0.1) is 0 Å². The molecule has 0 aliphatic rings. The van der Waals surface area contributed by atoms with Crippen molar-refractivity contribution in [2.75, 3.05) is 0 Å². The maximum Gasteiger partial charge on any atom is 1.00 e. The average Bonchev–Trinajstić information content (AvgIpc) is 0.722. The SMILES string of the molecule is O.O.O.O.O.O.O=S(=O)([O-])[O-].[NH4+].[Ni+]. The van der Waals surface area contributed by atoms with Crippen LogP contribution in [0.25, 0.3) is 0 Å². The summed E-state index contributed by atoms with van der Waals surface area (Å²) in [4.78, 5) is 0. The van der Waals surface area contributed by atoms with Crippen LogP contribution in [0.2, 0.25) is 0 Å². The number of quaternary nitrogens is 1. The summed E-state index contributed by atoms with van der Waals surface area (Å²) in [5.74, 6) is 0. The van der Waals surface area contributed by atoms with Gasteiger partial charge in [-0.25, -0.2) is 0 Å². The first kappa shape index (κ1) is 115. The van der Waals surface area contributed by atoms with Crippen molar-refractivity contribution in [2.45, 2.75) is 0 Å². The molecule has 0 aliphatic carbocycles. The minimum absolute atomic E-state index is 0. The van der Waals surface area contributed by atoms with E-state index >= 15 is 0 Å². The minimum atomic E-state index is -5.17. The van der Waals surface area contributed by atoms with Crippen LogP contribution in [0.5, 0.6) is 0 Å². The first-order valence-electron chi connectivity index (χ1n) is 0.667. The van der Waals surface area contributed by atoms with Crippen LogP contribution in [0.15, 0.2) is 0 Å². The summed E-state index contributed by atoms with van der Waals surface area (Å²) in [7, 11) is -5.17. The van der Waals surface area contributed by atoms with E-state index in [2.05, 4.69) is 0 Å². The van der Waals surface area contributed by atoms with Gasteiger partial charge in [0.05, 0.1) is 0 Å². The Bertz CT molecular complexity index is 98.1. The van der Waals surface area contributed by atoms with E-state index in [0.717, 1.165) is 0 Å². The summed E-state index contributed by atoms with van der Waals surface area (Å²) in [6.07, 6.45) is 0. The Hall–Kier alpha value is 0.0835. The van der Waals surface area contributed by atoms with Crippen LogP contribution in [-0.2, 0) is 26.9 Å². The summed E-state index contributed by atoms with van der Waals surface area (Å²) in [6.45, 7) is 0. The van der Waals surface area contributed by atoms with Crippen LogP contribution in [0, 0.1) is 0 Å². The Kier molecular flexibility index (Phi) is 353. The molecule has 0 rings (SSSR count). The zero-order valence-electron chi connectivity index (χ0n) is 6.36. The number of rotatable bonds is 0. The van der Waals surface area contributed by atoms with E-state index in [-0.39, 0.29) is 55.5 Å². The summed E-state index contributed by atoms with van der Waals surface area (Å²) in [5.41, 5.74) is 0. The van der Waals surface area contributed by atoms with Gasteiger partial charge in [0.2, 0.25) is 0 Å². The summed E-state index contributed by atoms with van der Waals surface area (Å²) in [6, 6.07) is 0. The molecule has 0 aromatic heterocycles. The smallest absolute Gasteiger partial charge is 0.759 e. The van der Waals surface area contributed by atoms with E-state index in [0.29, 0.717) is 0 Å². The third-order valence-electron chi connectivity index (χ3n) is 0. The van der Waals surface area contributed by atoms with Crippen LogP contribution in [0.3, 0.4) is 0 Å². The molecule has 97 valence electrons. The molecule has 11 nitrogen and oxygen atoms in total. The van der Waals surface area contributed by atoms with Crippen molar-refractivity contribution in [1.82, 2.24) is 6.15 Å². The molecular weight excluding hydrogens is 265 g/mol. The third kappa shape index (κ3) is 176000. The van der Waals surface area contributed by atoms with Gasteiger partial charge in [0.25, 0.3) is 0 Å². The van der Waals surface area contributed by atoms with Crippen molar-refractivity contribution in [3.05, 3.63) is 0 Å². The standard InChI is InChI=1S/H3N.Ni.H2O4S.6H2O/c;;1-5(2,3)4;;;;;;/h1H3;;(H2,1,2,3,4);6*1H2/q;+1;;;;;;;/p-1. The first-order chi connectivity index (χ1) is 2.00. The van der Waals surface area contributed by atoms with Crippen LogP contribution < -0.4 is 6.15 Å². The quantitative estimate of drug-likeness (QED) is 0.257. The Labute approximate surface area is 84.1 Å². The van der Waals surface area contributed by atoms with Crippen molar-refractivity contribution in [3.63, 3.8) is 0 Å². The molecule has 0 amide bonds. The van der Waals surface area contributed by atoms with E-state index in [9.17, 15) is 0 Å². The maximum absolute atomic E-state index is 8.52. The zero-order chi connectivity index (χ0) is 4.50. The van der Waals surface area contributed by atoms with Gasteiger partial charge < -0.3 is 48.1 Å². The van der Waals surface area contributed by atoms with Crippen molar-refractivity contribution in [3.8, 4) is 0 Å². The van der Waals surface area contributed by atoms with Crippen LogP contribution in [-0.4, -0.2) is 50.4 Å². The molecule has 0 aliphatic heterocycles. The van der Waals surface area contributed by atoms with Gasteiger partial charge >= 0.3 is 16.5 Å². The van der Waals surface area contributed by atoms with Crippen LogP contribution >= 0.6 is 0 Å². The molecule has 0 saturated heterocycles. The molecule has 0 aromatic carbocycles. The Morgan fingerprint density at radius 1 is 0.692 bits per heavy atom. The molecular formula is H16NNiO10S. The summed E-state index contributed by atoms with van der Waals surface area (Å²) in [5, 5.41) is 0. The van der Waals surface area contributed by atoms with Gasteiger partial charge in [0.1, 0.15) is 0 Å². The van der Waals surface area contributed by atoms with Crippen LogP contribution in [0.4, 0.5) is 0 Å². The van der Waals surface area contributed by atoms with Gasteiger partial charge in [0, 0.05) is 10.4 Å².